The van der Waals surface area contributed by atoms with Crippen LogP contribution in [0.15, 0.2) is 53.7 Å². The molecular weight excluding hydrogens is 348 g/mol. The molecule has 27 heavy (non-hydrogen) atoms. The Morgan fingerprint density at radius 1 is 1.22 bits per heavy atom. The number of pyridine rings is 2. The molecule has 0 aliphatic carbocycles. The summed E-state index contributed by atoms with van der Waals surface area (Å²) in [6.45, 7) is 1.83. The van der Waals surface area contributed by atoms with Crippen molar-refractivity contribution < 1.29 is 14.6 Å². The number of aromatic carboxylic acids is 1. The van der Waals surface area contributed by atoms with E-state index in [1.165, 1.54) is 12.3 Å². The van der Waals surface area contributed by atoms with E-state index in [0.717, 1.165) is 11.3 Å². The van der Waals surface area contributed by atoms with Crippen LogP contribution in [0.1, 0.15) is 33.2 Å². The van der Waals surface area contributed by atoms with Crippen molar-refractivity contribution in [1.82, 2.24) is 19.3 Å². The van der Waals surface area contributed by atoms with E-state index in [0.29, 0.717) is 32.0 Å². The lowest BCUT2D eigenvalue weighted by Crippen LogP contribution is -2.27. The van der Waals surface area contributed by atoms with E-state index in [2.05, 4.69) is 10.1 Å². The van der Waals surface area contributed by atoms with Crippen LogP contribution in [0.25, 0.3) is 0 Å². The smallest absolute Gasteiger partial charge is 0.339 e. The van der Waals surface area contributed by atoms with Crippen LogP contribution in [0.4, 0.5) is 0 Å². The predicted molar refractivity (Wildman–Crippen MR) is 95.9 cm³/mol. The Morgan fingerprint density at radius 2 is 2.07 bits per heavy atom. The molecule has 0 unspecified atom stereocenters. The van der Waals surface area contributed by atoms with E-state index < -0.39 is 5.97 Å². The van der Waals surface area contributed by atoms with Crippen LogP contribution in [0, 0.1) is 0 Å². The van der Waals surface area contributed by atoms with Crippen molar-refractivity contribution in [2.24, 2.45) is 0 Å². The number of rotatable bonds is 6. The number of carboxylic acid groups (broad SMARTS) is 1. The van der Waals surface area contributed by atoms with Crippen molar-refractivity contribution >= 4 is 5.97 Å². The fourth-order valence-corrected chi connectivity index (χ4v) is 2.97. The Labute approximate surface area is 154 Å². The summed E-state index contributed by atoms with van der Waals surface area (Å²) in [6.07, 6.45) is 4.99. The van der Waals surface area contributed by atoms with Gasteiger partial charge in [0.15, 0.2) is 0 Å². The number of aromatic nitrogens is 4. The van der Waals surface area contributed by atoms with Gasteiger partial charge in [0.2, 0.25) is 0 Å². The number of carboxylic acids is 1. The molecule has 3 aromatic heterocycles. The lowest BCUT2D eigenvalue weighted by molar-refractivity contribution is 0.00597. The van der Waals surface area contributed by atoms with Crippen molar-refractivity contribution in [3.8, 4) is 0 Å². The molecule has 0 bridgehead atoms. The highest BCUT2D eigenvalue weighted by atomic mass is 16.5. The van der Waals surface area contributed by atoms with Gasteiger partial charge in [-0.3, -0.25) is 14.5 Å². The fraction of sp³-hybridized carbons (Fsp3) is 0.263. The maximum atomic E-state index is 11.8. The molecule has 1 saturated heterocycles. The third kappa shape index (κ3) is 3.65. The molecule has 8 nitrogen and oxygen atoms in total. The molecule has 4 rings (SSSR count). The number of hydrogen-bond donors (Lipinski definition) is 1. The van der Waals surface area contributed by atoms with Gasteiger partial charge in [-0.15, -0.1) is 0 Å². The van der Waals surface area contributed by atoms with E-state index in [1.807, 2.05) is 18.2 Å². The molecule has 1 aliphatic heterocycles. The molecule has 0 spiro atoms. The third-order valence-corrected chi connectivity index (χ3v) is 4.51. The quantitative estimate of drug-likeness (QED) is 0.707. The minimum absolute atomic E-state index is 0.0388. The third-order valence-electron chi connectivity index (χ3n) is 4.51. The highest BCUT2D eigenvalue weighted by Gasteiger charge is 2.29. The Morgan fingerprint density at radius 3 is 2.70 bits per heavy atom. The number of nitrogens with zero attached hydrogens (tertiary/aromatic N) is 4. The molecule has 0 saturated carbocycles. The molecule has 3 aromatic rings. The largest absolute Gasteiger partial charge is 0.478 e. The van der Waals surface area contributed by atoms with Gasteiger partial charge >= 0.3 is 5.97 Å². The summed E-state index contributed by atoms with van der Waals surface area (Å²) in [4.78, 5) is 27.6. The van der Waals surface area contributed by atoms with Crippen molar-refractivity contribution in [3.63, 3.8) is 0 Å². The summed E-state index contributed by atoms with van der Waals surface area (Å²) in [5.41, 5.74) is 2.38. The lowest BCUT2D eigenvalue weighted by Gasteiger charge is -2.24. The maximum absolute atomic E-state index is 11.8. The Kier molecular flexibility index (Phi) is 4.55. The Balaban J connectivity index is 1.49. The summed E-state index contributed by atoms with van der Waals surface area (Å²) in [6, 6.07) is 8.80. The van der Waals surface area contributed by atoms with Crippen LogP contribution in [0.5, 0.6) is 0 Å². The monoisotopic (exact) mass is 366 g/mol. The summed E-state index contributed by atoms with van der Waals surface area (Å²) in [5.74, 6) is -0.948. The number of hydrogen-bond acceptors (Lipinski definition) is 5. The zero-order valence-electron chi connectivity index (χ0n) is 14.5. The van der Waals surface area contributed by atoms with Gasteiger partial charge in [0.25, 0.3) is 5.56 Å². The SMILES string of the molecule is O=C(O)c1cn(Cc2ccc(Cn3ccccc3=O)cn2)nc1C1COC1. The predicted octanol–water partition coefficient (Wildman–Crippen LogP) is 1.35. The molecule has 138 valence electrons. The van der Waals surface area contributed by atoms with Crippen LogP contribution in [0.3, 0.4) is 0 Å². The molecule has 1 aliphatic rings. The fourth-order valence-electron chi connectivity index (χ4n) is 2.97. The summed E-state index contributed by atoms with van der Waals surface area (Å²) in [7, 11) is 0. The van der Waals surface area contributed by atoms with Crippen molar-refractivity contribution in [2.45, 2.75) is 19.0 Å². The van der Waals surface area contributed by atoms with Crippen LogP contribution < -0.4 is 5.56 Å². The first-order valence-electron chi connectivity index (χ1n) is 8.58. The summed E-state index contributed by atoms with van der Waals surface area (Å²) in [5, 5.41) is 13.8. The van der Waals surface area contributed by atoms with Crippen molar-refractivity contribution in [2.75, 3.05) is 13.2 Å². The molecule has 8 heteroatoms. The van der Waals surface area contributed by atoms with E-state index in [-0.39, 0.29) is 17.0 Å². The van der Waals surface area contributed by atoms with E-state index >= 15 is 0 Å². The maximum Gasteiger partial charge on any atom is 0.339 e. The second kappa shape index (κ2) is 7.16. The zero-order chi connectivity index (χ0) is 18.8. The summed E-state index contributed by atoms with van der Waals surface area (Å²) < 4.78 is 8.35. The molecule has 0 radical (unpaired) electrons. The average Bonchev–Trinajstić information content (AvgIpc) is 3.00. The first kappa shape index (κ1) is 17.2. The van der Waals surface area contributed by atoms with Gasteiger partial charge in [-0.05, 0) is 17.7 Å². The number of ether oxygens (including phenoxy) is 1. The van der Waals surface area contributed by atoms with Gasteiger partial charge in [-0.25, -0.2) is 4.79 Å². The van der Waals surface area contributed by atoms with Crippen LogP contribution >= 0.6 is 0 Å². The van der Waals surface area contributed by atoms with Crippen LogP contribution in [-0.2, 0) is 17.8 Å². The molecule has 0 atom stereocenters. The molecule has 1 N–H and O–H groups in total. The highest BCUT2D eigenvalue weighted by molar-refractivity contribution is 5.88. The standard InChI is InChI=1S/C19H18N4O4/c24-17-3-1-2-6-22(17)8-13-4-5-15(20-7-13)9-23-10-16(19(25)26)18(21-23)14-11-27-12-14/h1-7,10,14H,8-9,11-12H2,(H,25,26). The average molecular weight is 366 g/mol. The molecule has 1 fully saturated rings. The van der Waals surface area contributed by atoms with E-state index in [9.17, 15) is 14.7 Å². The van der Waals surface area contributed by atoms with Gasteiger partial charge in [0.1, 0.15) is 5.56 Å². The van der Waals surface area contributed by atoms with Gasteiger partial charge in [-0.1, -0.05) is 12.1 Å². The van der Waals surface area contributed by atoms with Gasteiger partial charge in [0.05, 0.1) is 43.6 Å². The molecule has 4 heterocycles. The van der Waals surface area contributed by atoms with Crippen LogP contribution in [0.2, 0.25) is 0 Å². The normalized spacial score (nSPS) is 14.1. The van der Waals surface area contributed by atoms with Crippen molar-refractivity contribution in [1.29, 1.82) is 0 Å². The van der Waals surface area contributed by atoms with E-state index in [4.69, 9.17) is 4.74 Å². The van der Waals surface area contributed by atoms with Gasteiger partial charge < -0.3 is 14.4 Å². The van der Waals surface area contributed by atoms with Crippen molar-refractivity contribution in [3.05, 3.63) is 81.8 Å². The first-order valence-corrected chi connectivity index (χ1v) is 8.58. The molecule has 0 amide bonds. The Bertz CT molecular complexity index is 1020. The highest BCUT2D eigenvalue weighted by Crippen LogP contribution is 2.26. The van der Waals surface area contributed by atoms with Gasteiger partial charge in [-0.2, -0.15) is 5.10 Å². The van der Waals surface area contributed by atoms with Gasteiger partial charge in [0, 0.05) is 24.7 Å². The second-order valence-electron chi connectivity index (χ2n) is 6.49. The zero-order valence-corrected chi connectivity index (χ0v) is 14.5. The Hall–Kier alpha value is -3.26. The second-order valence-corrected chi connectivity index (χ2v) is 6.49. The summed E-state index contributed by atoms with van der Waals surface area (Å²) >= 11 is 0. The van der Waals surface area contributed by atoms with Crippen LogP contribution in [-0.4, -0.2) is 43.6 Å². The topological polar surface area (TPSA) is 99.2 Å². The minimum atomic E-state index is -0.986. The lowest BCUT2D eigenvalue weighted by atomic mass is 10.0. The minimum Gasteiger partial charge on any atom is -0.478 e. The first-order chi connectivity index (χ1) is 13.1. The van der Waals surface area contributed by atoms with E-state index in [1.54, 1.807) is 27.7 Å². The molecule has 0 aromatic carbocycles. The molecular formula is C19H18N4O4. The number of carbonyl (C=O) groups is 1.